The van der Waals surface area contributed by atoms with Crippen molar-refractivity contribution in [2.45, 2.75) is 64.2 Å². The Bertz CT molecular complexity index is 550. The molecule has 1 aromatic rings. The molecule has 1 saturated heterocycles. The van der Waals surface area contributed by atoms with E-state index in [9.17, 15) is 0 Å². The van der Waals surface area contributed by atoms with E-state index in [1.165, 1.54) is 25.7 Å². The second-order valence-electron chi connectivity index (χ2n) is 7.80. The van der Waals surface area contributed by atoms with E-state index >= 15 is 0 Å². The van der Waals surface area contributed by atoms with Crippen LogP contribution in [-0.4, -0.2) is 59.2 Å². The van der Waals surface area contributed by atoms with E-state index in [1.807, 2.05) is 19.0 Å². The van der Waals surface area contributed by atoms with E-state index in [-0.39, 0.29) is 0 Å². The van der Waals surface area contributed by atoms with E-state index in [0.29, 0.717) is 24.1 Å². The van der Waals surface area contributed by atoms with Crippen LogP contribution in [0.5, 0.6) is 0 Å². The van der Waals surface area contributed by atoms with Gasteiger partial charge in [0.05, 0.1) is 18.8 Å². The lowest BCUT2D eigenvalue weighted by molar-refractivity contribution is -0.0610. The molecule has 7 nitrogen and oxygen atoms in total. The van der Waals surface area contributed by atoms with Crippen LogP contribution in [0.1, 0.15) is 51.3 Å². The molecular formula is C18H32N6O. The number of nitrogens with two attached hydrogens (primary N) is 1. The molecule has 1 aliphatic carbocycles. The molecule has 0 radical (unpaired) electrons. The van der Waals surface area contributed by atoms with Gasteiger partial charge in [0, 0.05) is 27.2 Å². The first-order valence-electron chi connectivity index (χ1n) is 9.55. The van der Waals surface area contributed by atoms with Crippen LogP contribution in [0.3, 0.4) is 0 Å². The van der Waals surface area contributed by atoms with E-state index in [2.05, 4.69) is 26.8 Å². The molecule has 7 heteroatoms. The minimum atomic E-state index is 0.290. The first kappa shape index (κ1) is 18.3. The third-order valence-electron chi connectivity index (χ3n) is 5.33. The third kappa shape index (κ3) is 5.25. The Kier molecular flexibility index (Phi) is 6.06. The van der Waals surface area contributed by atoms with Crippen LogP contribution in [0, 0.1) is 5.92 Å². The molecule has 1 aromatic heterocycles. The number of ether oxygens (including phenoxy) is 1. The number of hydrogen-bond acceptors (Lipinski definition) is 7. The monoisotopic (exact) mass is 348 g/mol. The first-order valence-corrected chi connectivity index (χ1v) is 9.55. The van der Waals surface area contributed by atoms with Crippen molar-refractivity contribution >= 4 is 11.9 Å². The molecule has 0 spiro atoms. The summed E-state index contributed by atoms with van der Waals surface area (Å²) in [4.78, 5) is 17.2. The van der Waals surface area contributed by atoms with Gasteiger partial charge in [0.25, 0.3) is 0 Å². The van der Waals surface area contributed by atoms with Crippen molar-refractivity contribution in [1.82, 2.24) is 19.9 Å². The van der Waals surface area contributed by atoms with Crippen molar-refractivity contribution in [2.24, 2.45) is 5.92 Å². The zero-order chi connectivity index (χ0) is 17.8. The van der Waals surface area contributed by atoms with Gasteiger partial charge in [-0.2, -0.15) is 15.0 Å². The lowest BCUT2D eigenvalue weighted by Gasteiger charge is -2.35. The molecule has 1 saturated carbocycles. The molecule has 0 atom stereocenters. The van der Waals surface area contributed by atoms with Crippen LogP contribution >= 0.6 is 0 Å². The Balaban J connectivity index is 1.46. The normalized spacial score (nSPS) is 25.9. The number of nitrogen functional groups attached to an aromatic ring is 1. The summed E-state index contributed by atoms with van der Waals surface area (Å²) >= 11 is 0. The topological polar surface area (TPSA) is 80.4 Å². The molecule has 140 valence electrons. The molecule has 0 unspecified atom stereocenters. The molecule has 2 heterocycles. The predicted octanol–water partition coefficient (Wildman–Crippen LogP) is 2.08. The molecule has 25 heavy (non-hydrogen) atoms. The molecule has 2 N–H and O–H groups in total. The van der Waals surface area contributed by atoms with Gasteiger partial charge in [-0.15, -0.1) is 0 Å². The van der Waals surface area contributed by atoms with Gasteiger partial charge in [-0.3, -0.25) is 4.90 Å². The molecule has 2 aliphatic rings. The summed E-state index contributed by atoms with van der Waals surface area (Å²) in [6.07, 6.45) is 8.18. The van der Waals surface area contributed by atoms with Gasteiger partial charge < -0.3 is 15.4 Å². The smallest absolute Gasteiger partial charge is 0.229 e. The van der Waals surface area contributed by atoms with Crippen molar-refractivity contribution in [3.63, 3.8) is 0 Å². The first-order chi connectivity index (χ1) is 12.0. The summed E-state index contributed by atoms with van der Waals surface area (Å²) < 4.78 is 6.35. The van der Waals surface area contributed by atoms with Gasteiger partial charge >= 0.3 is 0 Å². The zero-order valence-corrected chi connectivity index (χ0v) is 15.8. The lowest BCUT2D eigenvalue weighted by atomic mass is 9.88. The van der Waals surface area contributed by atoms with E-state index in [1.54, 1.807) is 0 Å². The Morgan fingerprint density at radius 3 is 2.28 bits per heavy atom. The second kappa shape index (κ2) is 8.27. The number of anilines is 2. The maximum absolute atomic E-state index is 6.35. The summed E-state index contributed by atoms with van der Waals surface area (Å²) in [7, 11) is 3.82. The van der Waals surface area contributed by atoms with Crippen molar-refractivity contribution in [2.75, 3.05) is 37.8 Å². The lowest BCUT2D eigenvalue weighted by Crippen LogP contribution is -2.39. The molecule has 0 aromatic carbocycles. The van der Waals surface area contributed by atoms with Gasteiger partial charge in [0.1, 0.15) is 5.82 Å². The van der Waals surface area contributed by atoms with Gasteiger partial charge in [0.15, 0.2) is 0 Å². The summed E-state index contributed by atoms with van der Waals surface area (Å²) in [5, 5.41) is 0. The minimum Gasteiger partial charge on any atom is -0.375 e. The number of aromatic nitrogens is 3. The maximum Gasteiger partial charge on any atom is 0.229 e. The van der Waals surface area contributed by atoms with Crippen molar-refractivity contribution in [3.8, 4) is 0 Å². The van der Waals surface area contributed by atoms with E-state index < -0.39 is 0 Å². The fraction of sp³-hybridized carbons (Fsp3) is 0.833. The van der Waals surface area contributed by atoms with Crippen LogP contribution in [0.2, 0.25) is 0 Å². The van der Waals surface area contributed by atoms with Crippen LogP contribution < -0.4 is 10.6 Å². The summed E-state index contributed by atoms with van der Waals surface area (Å²) in [5.41, 5.74) is 5.81. The Hall–Kier alpha value is -1.47. The zero-order valence-electron chi connectivity index (χ0n) is 15.8. The highest BCUT2D eigenvalue weighted by Crippen LogP contribution is 2.28. The maximum atomic E-state index is 6.35. The predicted molar refractivity (Wildman–Crippen MR) is 99.4 cm³/mol. The number of nitrogens with zero attached hydrogens (tertiary/aromatic N) is 5. The largest absolute Gasteiger partial charge is 0.375 e. The van der Waals surface area contributed by atoms with Crippen molar-refractivity contribution in [1.29, 1.82) is 0 Å². The average molecular weight is 348 g/mol. The van der Waals surface area contributed by atoms with E-state index in [4.69, 9.17) is 10.5 Å². The van der Waals surface area contributed by atoms with Crippen LogP contribution in [0.15, 0.2) is 0 Å². The number of likely N-dealkylation sites (tertiary alicyclic amines) is 1. The standard InChI is InChI=1S/C18H32N6O/c1-13-4-6-14(7-5-13)25-15-8-10-24(11-9-15)12-16-20-17(19)22-18(21-16)23(2)3/h13-15H,4-12H2,1-3H3,(H2,19,20,21,22). The van der Waals surface area contributed by atoms with Crippen LogP contribution in [0.4, 0.5) is 11.9 Å². The van der Waals surface area contributed by atoms with Crippen LogP contribution in [-0.2, 0) is 11.3 Å². The minimum absolute atomic E-state index is 0.290. The van der Waals surface area contributed by atoms with Gasteiger partial charge in [-0.1, -0.05) is 6.92 Å². The molecular weight excluding hydrogens is 316 g/mol. The Morgan fingerprint density at radius 1 is 1.00 bits per heavy atom. The highest BCUT2D eigenvalue weighted by atomic mass is 16.5. The second-order valence-corrected chi connectivity index (χ2v) is 7.80. The highest BCUT2D eigenvalue weighted by Gasteiger charge is 2.26. The van der Waals surface area contributed by atoms with Gasteiger partial charge in [0.2, 0.25) is 11.9 Å². The number of rotatable bonds is 5. The van der Waals surface area contributed by atoms with Crippen molar-refractivity contribution < 1.29 is 4.74 Å². The fourth-order valence-electron chi connectivity index (χ4n) is 3.74. The van der Waals surface area contributed by atoms with Gasteiger partial charge in [-0.25, -0.2) is 0 Å². The van der Waals surface area contributed by atoms with E-state index in [0.717, 1.165) is 44.2 Å². The number of piperidine rings is 1. The van der Waals surface area contributed by atoms with Gasteiger partial charge in [-0.05, 0) is 44.4 Å². The molecule has 0 amide bonds. The number of hydrogen-bond donors (Lipinski definition) is 1. The molecule has 1 aliphatic heterocycles. The molecule has 3 rings (SSSR count). The summed E-state index contributed by atoms with van der Waals surface area (Å²) in [6.45, 7) is 5.12. The summed E-state index contributed by atoms with van der Waals surface area (Å²) in [6, 6.07) is 0. The fourth-order valence-corrected chi connectivity index (χ4v) is 3.74. The Morgan fingerprint density at radius 2 is 1.64 bits per heavy atom. The quantitative estimate of drug-likeness (QED) is 0.872. The SMILES string of the molecule is CC1CCC(OC2CCN(Cc3nc(N)nc(N(C)C)n3)CC2)CC1. The van der Waals surface area contributed by atoms with Crippen LogP contribution in [0.25, 0.3) is 0 Å². The third-order valence-corrected chi connectivity index (χ3v) is 5.33. The molecule has 0 bridgehead atoms. The Labute approximate surface area is 151 Å². The van der Waals surface area contributed by atoms with Crippen molar-refractivity contribution in [3.05, 3.63) is 5.82 Å². The average Bonchev–Trinajstić information content (AvgIpc) is 2.58. The highest BCUT2D eigenvalue weighted by molar-refractivity contribution is 5.32. The summed E-state index contributed by atoms with van der Waals surface area (Å²) in [5.74, 6) is 2.53. The molecule has 2 fully saturated rings.